The molecule has 0 bridgehead atoms. The molecule has 3 aromatic rings. The molecule has 1 aromatic carbocycles. The van der Waals surface area contributed by atoms with E-state index in [1.165, 1.54) is 6.07 Å². The molecule has 7 heteroatoms. The number of nitrogens with one attached hydrogen (secondary N) is 1. The van der Waals surface area contributed by atoms with Gasteiger partial charge in [-0.3, -0.25) is 0 Å². The largest absolute Gasteiger partial charge is 0.351 e. The molecule has 2 aliphatic rings. The van der Waals surface area contributed by atoms with Crippen molar-refractivity contribution >= 4 is 22.4 Å². The van der Waals surface area contributed by atoms with E-state index >= 15 is 0 Å². The molecular formula is C22H24FN5S. The number of halogens is 1. The average molecular weight is 410 g/mol. The van der Waals surface area contributed by atoms with Gasteiger partial charge < -0.3 is 10.2 Å². The molecule has 0 unspecified atom stereocenters. The van der Waals surface area contributed by atoms with Crippen LogP contribution in [-0.2, 0) is 0 Å². The molecule has 29 heavy (non-hydrogen) atoms. The molecule has 0 spiro atoms. The van der Waals surface area contributed by atoms with Crippen LogP contribution in [0.5, 0.6) is 0 Å². The van der Waals surface area contributed by atoms with Gasteiger partial charge >= 0.3 is 0 Å². The third-order valence-electron chi connectivity index (χ3n) is 5.60. The number of nitrogens with zero attached hydrogens (tertiary/aromatic N) is 4. The second kappa shape index (κ2) is 7.71. The molecule has 5 rings (SSSR count). The van der Waals surface area contributed by atoms with Gasteiger partial charge in [0.15, 0.2) is 5.13 Å². The lowest BCUT2D eigenvalue weighted by atomic mass is 10.00. The Morgan fingerprint density at radius 2 is 1.86 bits per heavy atom. The lowest BCUT2D eigenvalue weighted by molar-refractivity contribution is 0.438. The van der Waals surface area contributed by atoms with E-state index in [0.717, 1.165) is 60.4 Å². The molecular weight excluding hydrogens is 385 g/mol. The summed E-state index contributed by atoms with van der Waals surface area (Å²) in [6.45, 7) is 4.27. The van der Waals surface area contributed by atoms with Crippen LogP contribution in [0.1, 0.15) is 32.6 Å². The van der Waals surface area contributed by atoms with Crippen molar-refractivity contribution in [2.24, 2.45) is 5.92 Å². The van der Waals surface area contributed by atoms with E-state index in [-0.39, 0.29) is 5.82 Å². The number of anilines is 2. The molecule has 1 saturated heterocycles. The number of hydrogen-bond donors (Lipinski definition) is 1. The van der Waals surface area contributed by atoms with E-state index < -0.39 is 0 Å². The Hall–Kier alpha value is -2.54. The number of benzene rings is 1. The fourth-order valence-electron chi connectivity index (χ4n) is 3.62. The predicted molar refractivity (Wildman–Crippen MR) is 116 cm³/mol. The first-order valence-electron chi connectivity index (χ1n) is 10.3. The topological polar surface area (TPSA) is 53.9 Å². The number of aromatic nitrogens is 3. The van der Waals surface area contributed by atoms with E-state index in [4.69, 9.17) is 9.97 Å². The van der Waals surface area contributed by atoms with E-state index in [1.54, 1.807) is 29.7 Å². The Kier molecular flexibility index (Phi) is 4.91. The number of rotatable bonds is 5. The zero-order chi connectivity index (χ0) is 19.8. The summed E-state index contributed by atoms with van der Waals surface area (Å²) in [6.07, 6.45) is 6.40. The zero-order valence-electron chi connectivity index (χ0n) is 16.4. The monoisotopic (exact) mass is 409 g/mol. The molecule has 2 aromatic heterocycles. The molecule has 150 valence electrons. The van der Waals surface area contributed by atoms with Crippen LogP contribution < -0.4 is 10.2 Å². The smallest absolute Gasteiger partial charge is 0.223 e. The summed E-state index contributed by atoms with van der Waals surface area (Å²) in [6, 6.07) is 9.20. The summed E-state index contributed by atoms with van der Waals surface area (Å²) in [5.41, 5.74) is 1.97. The predicted octanol–water partition coefficient (Wildman–Crippen LogP) is 5.22. The highest BCUT2D eigenvalue weighted by Gasteiger charge is 2.25. The van der Waals surface area contributed by atoms with Crippen molar-refractivity contribution in [3.63, 3.8) is 0 Å². The molecule has 5 nitrogen and oxygen atoms in total. The zero-order valence-corrected chi connectivity index (χ0v) is 17.3. The van der Waals surface area contributed by atoms with Crippen LogP contribution in [-0.4, -0.2) is 34.1 Å². The Morgan fingerprint density at radius 1 is 1.07 bits per heavy atom. The summed E-state index contributed by atoms with van der Waals surface area (Å²) < 4.78 is 14.6. The van der Waals surface area contributed by atoms with Crippen LogP contribution in [0, 0.1) is 11.7 Å². The van der Waals surface area contributed by atoms with Crippen LogP contribution in [0.4, 0.5) is 15.5 Å². The van der Waals surface area contributed by atoms with Crippen molar-refractivity contribution in [3.05, 3.63) is 42.3 Å². The maximum atomic E-state index is 14.6. The summed E-state index contributed by atoms with van der Waals surface area (Å²) >= 11 is 1.60. The third-order valence-corrected chi connectivity index (χ3v) is 6.74. The quantitative estimate of drug-likeness (QED) is 0.626. The van der Waals surface area contributed by atoms with Crippen molar-refractivity contribution in [2.45, 2.75) is 38.6 Å². The highest BCUT2D eigenvalue weighted by atomic mass is 32.1. The SMILES string of the molecule is CC1CCN(c2nc(-c3ccccc3F)c(-c3ccnc(NC4CC4)n3)s2)CC1. The second-order valence-corrected chi connectivity index (χ2v) is 8.99. The Labute approximate surface area is 174 Å². The first kappa shape index (κ1) is 18.5. The van der Waals surface area contributed by atoms with Gasteiger partial charge in [-0.15, -0.1) is 0 Å². The normalized spacial score (nSPS) is 17.5. The minimum absolute atomic E-state index is 0.261. The maximum Gasteiger partial charge on any atom is 0.223 e. The molecule has 1 aliphatic carbocycles. The number of piperidine rings is 1. The van der Waals surface area contributed by atoms with Crippen molar-refractivity contribution in [1.29, 1.82) is 0 Å². The summed E-state index contributed by atoms with van der Waals surface area (Å²) in [7, 11) is 0. The average Bonchev–Trinajstić information content (AvgIpc) is 3.44. The fourth-order valence-corrected chi connectivity index (χ4v) is 4.72. The maximum absolute atomic E-state index is 14.6. The van der Waals surface area contributed by atoms with Crippen molar-refractivity contribution in [2.75, 3.05) is 23.3 Å². The lowest BCUT2D eigenvalue weighted by Crippen LogP contribution is -2.32. The highest BCUT2D eigenvalue weighted by Crippen LogP contribution is 2.41. The number of thiazole rings is 1. The van der Waals surface area contributed by atoms with E-state index in [2.05, 4.69) is 22.1 Å². The van der Waals surface area contributed by atoms with Gasteiger partial charge in [-0.1, -0.05) is 30.4 Å². The Balaban J connectivity index is 1.56. The molecule has 1 N–H and O–H groups in total. The molecule has 0 atom stereocenters. The van der Waals surface area contributed by atoms with Crippen LogP contribution in [0.3, 0.4) is 0 Å². The van der Waals surface area contributed by atoms with Gasteiger partial charge in [0, 0.05) is 30.9 Å². The third kappa shape index (κ3) is 3.96. The Bertz CT molecular complexity index is 1010. The summed E-state index contributed by atoms with van der Waals surface area (Å²) in [5.74, 6) is 1.11. The first-order chi connectivity index (χ1) is 14.2. The van der Waals surface area contributed by atoms with Crippen molar-refractivity contribution in [3.8, 4) is 21.8 Å². The van der Waals surface area contributed by atoms with E-state index in [0.29, 0.717) is 23.2 Å². The van der Waals surface area contributed by atoms with Crippen LogP contribution >= 0.6 is 11.3 Å². The van der Waals surface area contributed by atoms with Gasteiger partial charge in [0.1, 0.15) is 5.82 Å². The molecule has 0 radical (unpaired) electrons. The summed E-state index contributed by atoms with van der Waals surface area (Å²) in [4.78, 5) is 17.2. The van der Waals surface area contributed by atoms with Crippen LogP contribution in [0.15, 0.2) is 36.5 Å². The minimum atomic E-state index is -0.261. The fraction of sp³-hybridized carbons (Fsp3) is 0.409. The van der Waals surface area contributed by atoms with Gasteiger partial charge in [0.25, 0.3) is 0 Å². The molecule has 3 heterocycles. The van der Waals surface area contributed by atoms with Crippen LogP contribution in [0.2, 0.25) is 0 Å². The number of hydrogen-bond acceptors (Lipinski definition) is 6. The van der Waals surface area contributed by atoms with E-state index in [9.17, 15) is 4.39 Å². The van der Waals surface area contributed by atoms with Gasteiger partial charge in [-0.05, 0) is 49.8 Å². The van der Waals surface area contributed by atoms with Gasteiger partial charge in [-0.2, -0.15) is 0 Å². The van der Waals surface area contributed by atoms with Gasteiger partial charge in [0.05, 0.1) is 16.3 Å². The minimum Gasteiger partial charge on any atom is -0.351 e. The Morgan fingerprint density at radius 3 is 2.62 bits per heavy atom. The molecule has 1 aliphatic heterocycles. The van der Waals surface area contributed by atoms with Gasteiger partial charge in [0.2, 0.25) is 5.95 Å². The second-order valence-electron chi connectivity index (χ2n) is 8.01. The van der Waals surface area contributed by atoms with Crippen LogP contribution in [0.25, 0.3) is 21.8 Å². The van der Waals surface area contributed by atoms with E-state index in [1.807, 2.05) is 12.1 Å². The standard InChI is InChI=1S/C22H24FN5S/c1-14-9-12-28(13-10-14)22-27-19(16-4-2-3-5-17(16)23)20(29-22)18-8-11-24-21(26-18)25-15-6-7-15/h2-5,8,11,14-15H,6-7,9-10,12-13H2,1H3,(H,24,25,26). The van der Waals surface area contributed by atoms with Gasteiger partial charge in [-0.25, -0.2) is 19.3 Å². The van der Waals surface area contributed by atoms with Crippen molar-refractivity contribution < 1.29 is 4.39 Å². The summed E-state index contributed by atoms with van der Waals surface area (Å²) in [5, 5.41) is 4.29. The molecule has 0 amide bonds. The molecule has 2 fully saturated rings. The lowest BCUT2D eigenvalue weighted by Gasteiger charge is -2.29. The highest BCUT2D eigenvalue weighted by molar-refractivity contribution is 7.19. The molecule has 1 saturated carbocycles. The first-order valence-corrected chi connectivity index (χ1v) is 11.1. The van der Waals surface area contributed by atoms with Crippen molar-refractivity contribution in [1.82, 2.24) is 15.0 Å².